The largest absolute Gasteiger partial charge is 0.453 e. The van der Waals surface area contributed by atoms with Crippen molar-refractivity contribution in [2.75, 3.05) is 16.4 Å². The first-order valence-corrected chi connectivity index (χ1v) is 10.1. The lowest BCUT2D eigenvalue weighted by Crippen LogP contribution is -2.15. The first kappa shape index (κ1) is 22.9. The van der Waals surface area contributed by atoms with Crippen molar-refractivity contribution in [3.63, 3.8) is 0 Å². The molecular formula is C23H15ClF3N5O2. The van der Waals surface area contributed by atoms with Crippen molar-refractivity contribution in [3.8, 4) is 11.5 Å². The third-order valence-electron chi connectivity index (χ3n) is 4.53. The fourth-order valence-electron chi connectivity index (χ4n) is 2.90. The number of hydrogen-bond acceptors (Lipinski definition) is 6. The van der Waals surface area contributed by atoms with Crippen LogP contribution in [0.2, 0.25) is 5.02 Å². The van der Waals surface area contributed by atoms with Gasteiger partial charge in [-0.3, -0.25) is 4.79 Å². The van der Waals surface area contributed by atoms with E-state index in [1.165, 1.54) is 48.8 Å². The van der Waals surface area contributed by atoms with E-state index in [0.29, 0.717) is 0 Å². The van der Waals surface area contributed by atoms with Crippen LogP contribution in [-0.2, 0) is 0 Å². The average molecular weight is 486 g/mol. The normalized spacial score (nSPS) is 10.6. The highest BCUT2D eigenvalue weighted by Gasteiger charge is 2.16. The number of halogens is 4. The van der Waals surface area contributed by atoms with Crippen molar-refractivity contribution in [2.45, 2.75) is 0 Å². The van der Waals surface area contributed by atoms with E-state index in [1.807, 2.05) is 0 Å². The zero-order chi connectivity index (χ0) is 24.2. The molecular weight excluding hydrogens is 471 g/mol. The van der Waals surface area contributed by atoms with Crippen molar-refractivity contribution >= 4 is 40.5 Å². The van der Waals surface area contributed by atoms with E-state index >= 15 is 0 Å². The minimum absolute atomic E-state index is 0.0437. The maximum absolute atomic E-state index is 14.7. The van der Waals surface area contributed by atoms with Crippen LogP contribution in [0.25, 0.3) is 0 Å². The van der Waals surface area contributed by atoms with Crippen LogP contribution in [0.15, 0.2) is 67.0 Å². The lowest BCUT2D eigenvalue weighted by Gasteiger charge is -2.13. The van der Waals surface area contributed by atoms with Gasteiger partial charge in [0.2, 0.25) is 0 Å². The van der Waals surface area contributed by atoms with E-state index in [-0.39, 0.29) is 45.1 Å². The Morgan fingerprint density at radius 3 is 2.41 bits per heavy atom. The Kier molecular flexibility index (Phi) is 6.51. The molecule has 2 heterocycles. The Morgan fingerprint density at radius 2 is 1.65 bits per heavy atom. The number of hydrogen-bond donors (Lipinski definition) is 3. The third-order valence-corrected chi connectivity index (χ3v) is 4.90. The van der Waals surface area contributed by atoms with Crippen LogP contribution >= 0.6 is 11.6 Å². The third kappa shape index (κ3) is 5.02. The van der Waals surface area contributed by atoms with Gasteiger partial charge in [-0.2, -0.15) is 0 Å². The number of nitrogens with zero attached hydrogens (tertiary/aromatic N) is 2. The molecule has 2 aromatic heterocycles. The van der Waals surface area contributed by atoms with Gasteiger partial charge in [0.15, 0.2) is 29.0 Å². The summed E-state index contributed by atoms with van der Waals surface area (Å²) in [5.41, 5.74) is 6.04. The molecule has 7 nitrogen and oxygen atoms in total. The van der Waals surface area contributed by atoms with Crippen LogP contribution < -0.4 is 21.1 Å². The van der Waals surface area contributed by atoms with Gasteiger partial charge in [0.05, 0.1) is 5.56 Å². The summed E-state index contributed by atoms with van der Waals surface area (Å²) in [5, 5.41) is 5.37. The number of nitrogens with one attached hydrogen (secondary N) is 2. The van der Waals surface area contributed by atoms with Crippen LogP contribution in [0.3, 0.4) is 0 Å². The predicted molar refractivity (Wildman–Crippen MR) is 122 cm³/mol. The number of aromatic nitrogens is 2. The van der Waals surface area contributed by atoms with E-state index in [9.17, 15) is 18.0 Å². The zero-order valence-electron chi connectivity index (χ0n) is 17.2. The fourth-order valence-corrected chi connectivity index (χ4v) is 3.05. The molecule has 4 aromatic rings. The Bertz CT molecular complexity index is 1390. The molecule has 0 aliphatic rings. The molecule has 4 N–H and O–H groups in total. The van der Waals surface area contributed by atoms with Gasteiger partial charge in [0, 0.05) is 42.0 Å². The Labute approximate surface area is 196 Å². The molecule has 0 atom stereocenters. The van der Waals surface area contributed by atoms with Gasteiger partial charge in [0.25, 0.3) is 5.91 Å². The molecule has 0 unspecified atom stereocenters. The second-order valence-corrected chi connectivity index (χ2v) is 7.24. The number of benzene rings is 2. The molecule has 0 spiro atoms. The number of nitrogens with two attached hydrogens (primary N) is 1. The number of amides is 1. The molecule has 0 radical (unpaired) electrons. The molecule has 2 aromatic carbocycles. The van der Waals surface area contributed by atoms with E-state index in [0.717, 1.165) is 18.2 Å². The molecule has 0 aliphatic heterocycles. The Morgan fingerprint density at radius 1 is 0.882 bits per heavy atom. The van der Waals surface area contributed by atoms with Gasteiger partial charge in [0.1, 0.15) is 16.7 Å². The van der Waals surface area contributed by atoms with Crippen molar-refractivity contribution in [1.82, 2.24) is 9.97 Å². The summed E-state index contributed by atoms with van der Waals surface area (Å²) in [4.78, 5) is 20.6. The van der Waals surface area contributed by atoms with Crippen LogP contribution in [-0.4, -0.2) is 15.9 Å². The minimum Gasteiger partial charge on any atom is -0.453 e. The topological polar surface area (TPSA) is 102 Å². The van der Waals surface area contributed by atoms with Gasteiger partial charge in [-0.05, 0) is 36.4 Å². The van der Waals surface area contributed by atoms with Crippen LogP contribution in [0.1, 0.15) is 10.4 Å². The van der Waals surface area contributed by atoms with E-state index in [4.69, 9.17) is 22.1 Å². The van der Waals surface area contributed by atoms with Crippen LogP contribution in [0.5, 0.6) is 11.5 Å². The second-order valence-electron chi connectivity index (χ2n) is 6.86. The first-order chi connectivity index (χ1) is 16.3. The molecule has 0 saturated carbocycles. The standard InChI is InChI=1S/C23H15ClF3N5O2/c24-20-19(7-9-29-21(20)28)34-18-6-4-12(11-17(18)27)31-22-14(2-1-8-30-22)23(33)32-13-3-5-15(25)16(26)10-13/h1-11H,(H2,28,29)(H,30,31)(H,32,33). The van der Waals surface area contributed by atoms with Gasteiger partial charge < -0.3 is 21.1 Å². The molecule has 1 amide bonds. The summed E-state index contributed by atoms with van der Waals surface area (Å²) in [6.45, 7) is 0. The lowest BCUT2D eigenvalue weighted by atomic mass is 10.2. The summed E-state index contributed by atoms with van der Waals surface area (Å²) >= 11 is 6.02. The van der Waals surface area contributed by atoms with E-state index in [2.05, 4.69) is 20.6 Å². The molecule has 172 valence electrons. The molecule has 0 fully saturated rings. The number of rotatable bonds is 6. The highest BCUT2D eigenvalue weighted by Crippen LogP contribution is 2.34. The molecule has 0 aliphatic carbocycles. The summed E-state index contributed by atoms with van der Waals surface area (Å²) < 4.78 is 46.7. The maximum Gasteiger partial charge on any atom is 0.259 e. The van der Waals surface area contributed by atoms with E-state index in [1.54, 1.807) is 0 Å². The van der Waals surface area contributed by atoms with Gasteiger partial charge >= 0.3 is 0 Å². The minimum atomic E-state index is -1.10. The van der Waals surface area contributed by atoms with Gasteiger partial charge in [-0.25, -0.2) is 23.1 Å². The quantitative estimate of drug-likeness (QED) is 0.313. The number of nitrogen functional groups attached to an aromatic ring is 1. The summed E-state index contributed by atoms with van der Waals surface area (Å²) in [5.74, 6) is -3.32. The highest BCUT2D eigenvalue weighted by molar-refractivity contribution is 6.34. The fraction of sp³-hybridized carbons (Fsp3) is 0. The van der Waals surface area contributed by atoms with Crippen molar-refractivity contribution in [1.29, 1.82) is 0 Å². The van der Waals surface area contributed by atoms with Crippen molar-refractivity contribution < 1.29 is 22.7 Å². The number of carbonyl (C=O) groups is 1. The summed E-state index contributed by atoms with van der Waals surface area (Å²) in [6, 6.07) is 11.4. The number of pyridine rings is 2. The number of anilines is 4. The molecule has 11 heteroatoms. The van der Waals surface area contributed by atoms with E-state index < -0.39 is 23.4 Å². The van der Waals surface area contributed by atoms with Crippen molar-refractivity contribution in [2.24, 2.45) is 0 Å². The second kappa shape index (κ2) is 9.67. The molecule has 0 bridgehead atoms. The number of ether oxygens (including phenoxy) is 1. The highest BCUT2D eigenvalue weighted by atomic mass is 35.5. The molecule has 4 rings (SSSR count). The monoisotopic (exact) mass is 485 g/mol. The zero-order valence-corrected chi connectivity index (χ0v) is 17.9. The smallest absolute Gasteiger partial charge is 0.259 e. The lowest BCUT2D eigenvalue weighted by molar-refractivity contribution is 0.102. The van der Waals surface area contributed by atoms with Crippen LogP contribution in [0, 0.1) is 17.5 Å². The molecule has 0 saturated heterocycles. The van der Waals surface area contributed by atoms with Gasteiger partial charge in [-0.1, -0.05) is 11.6 Å². The number of carbonyl (C=O) groups excluding carboxylic acids is 1. The first-order valence-electron chi connectivity index (χ1n) is 9.67. The Balaban J connectivity index is 1.53. The average Bonchev–Trinajstić information content (AvgIpc) is 2.81. The maximum atomic E-state index is 14.7. The summed E-state index contributed by atoms with van der Waals surface area (Å²) in [6.07, 6.45) is 2.80. The van der Waals surface area contributed by atoms with Crippen LogP contribution in [0.4, 0.5) is 36.2 Å². The van der Waals surface area contributed by atoms with Gasteiger partial charge in [-0.15, -0.1) is 0 Å². The van der Waals surface area contributed by atoms with Crippen molar-refractivity contribution in [3.05, 3.63) is 95.0 Å². The SMILES string of the molecule is Nc1nccc(Oc2ccc(Nc3ncccc3C(=O)Nc3ccc(F)c(F)c3)cc2F)c1Cl. The molecule has 34 heavy (non-hydrogen) atoms. The predicted octanol–water partition coefficient (Wildman–Crippen LogP) is 5.92. The summed E-state index contributed by atoms with van der Waals surface area (Å²) in [7, 11) is 0. The Hall–Kier alpha value is -4.31.